The van der Waals surface area contributed by atoms with E-state index in [9.17, 15) is 4.79 Å². The summed E-state index contributed by atoms with van der Waals surface area (Å²) in [6, 6.07) is 7.99. The minimum atomic E-state index is -0.497. The van der Waals surface area contributed by atoms with Gasteiger partial charge in [0.2, 0.25) is 0 Å². The first-order valence-electron chi connectivity index (χ1n) is 8.38. The maximum atomic E-state index is 12.6. The molecule has 1 heterocycles. The maximum Gasteiger partial charge on any atom is 0.263 e. The average molecular weight is 319 g/mol. The topological polar surface area (TPSA) is 38.8 Å². The third-order valence-corrected chi connectivity index (χ3v) is 4.09. The quantitative estimate of drug-likeness (QED) is 0.857. The lowest BCUT2D eigenvalue weighted by Crippen LogP contribution is -2.51. The molecule has 0 N–H and O–H groups in total. The fourth-order valence-corrected chi connectivity index (χ4v) is 2.91. The zero-order valence-electron chi connectivity index (χ0n) is 15.1. The summed E-state index contributed by atoms with van der Waals surface area (Å²) < 4.78 is 11.6. The van der Waals surface area contributed by atoms with Gasteiger partial charge in [-0.15, -0.1) is 0 Å². The number of carbonyl (C=O) groups excluding carboxylic acids is 1. The molecule has 0 bridgehead atoms. The second kappa shape index (κ2) is 6.91. The molecule has 128 valence electrons. The van der Waals surface area contributed by atoms with Crippen molar-refractivity contribution in [3.63, 3.8) is 0 Å². The van der Waals surface area contributed by atoms with E-state index >= 15 is 0 Å². The normalized spacial score (nSPS) is 23.5. The number of nitrogens with zero attached hydrogens (tertiary/aromatic N) is 1. The first-order valence-corrected chi connectivity index (χ1v) is 8.38. The summed E-state index contributed by atoms with van der Waals surface area (Å²) in [5, 5.41) is 0. The van der Waals surface area contributed by atoms with Crippen molar-refractivity contribution >= 4 is 5.91 Å². The number of rotatable bonds is 3. The van der Waals surface area contributed by atoms with E-state index in [1.807, 2.05) is 43.9 Å². The highest BCUT2D eigenvalue weighted by atomic mass is 16.5. The van der Waals surface area contributed by atoms with Crippen LogP contribution in [0.3, 0.4) is 0 Å². The average Bonchev–Trinajstić information content (AvgIpc) is 2.44. The van der Waals surface area contributed by atoms with Crippen molar-refractivity contribution in [2.45, 2.75) is 65.3 Å². The van der Waals surface area contributed by atoms with Crippen LogP contribution in [0.25, 0.3) is 0 Å². The van der Waals surface area contributed by atoms with E-state index in [1.54, 1.807) is 0 Å². The minimum absolute atomic E-state index is 0.0214. The van der Waals surface area contributed by atoms with E-state index < -0.39 is 6.10 Å². The van der Waals surface area contributed by atoms with E-state index in [0.29, 0.717) is 13.1 Å². The second-order valence-corrected chi connectivity index (χ2v) is 7.54. The van der Waals surface area contributed by atoms with Crippen LogP contribution in [0.1, 0.15) is 47.1 Å². The highest BCUT2D eigenvalue weighted by Gasteiger charge is 2.29. The van der Waals surface area contributed by atoms with Crippen LogP contribution in [0.4, 0.5) is 0 Å². The van der Waals surface area contributed by atoms with Crippen molar-refractivity contribution in [2.24, 2.45) is 0 Å². The van der Waals surface area contributed by atoms with Crippen LogP contribution in [0.2, 0.25) is 0 Å². The molecule has 0 aromatic heterocycles. The fraction of sp³-hybridized carbons (Fsp3) is 0.632. The SMILES string of the molecule is CC1CN(C(=O)C(C)Oc2cccc(C(C)(C)C)c2)CC(C)O1. The van der Waals surface area contributed by atoms with Crippen molar-refractivity contribution < 1.29 is 14.3 Å². The molecular formula is C19H29NO3. The molecule has 23 heavy (non-hydrogen) atoms. The van der Waals surface area contributed by atoms with Gasteiger partial charge in [-0.05, 0) is 43.9 Å². The highest BCUT2D eigenvalue weighted by Crippen LogP contribution is 2.26. The maximum absolute atomic E-state index is 12.6. The number of hydrogen-bond acceptors (Lipinski definition) is 3. The molecule has 1 aromatic rings. The lowest BCUT2D eigenvalue weighted by Gasteiger charge is -2.36. The first-order chi connectivity index (χ1) is 10.7. The number of benzene rings is 1. The van der Waals surface area contributed by atoms with Gasteiger partial charge in [0, 0.05) is 13.1 Å². The Hall–Kier alpha value is -1.55. The predicted molar refractivity (Wildman–Crippen MR) is 91.8 cm³/mol. The molecule has 3 atom stereocenters. The smallest absolute Gasteiger partial charge is 0.263 e. The molecule has 1 fully saturated rings. The Morgan fingerprint density at radius 2 is 1.87 bits per heavy atom. The molecule has 2 rings (SSSR count). The van der Waals surface area contributed by atoms with Crippen molar-refractivity contribution in [3.8, 4) is 5.75 Å². The van der Waals surface area contributed by atoms with Crippen LogP contribution in [-0.2, 0) is 14.9 Å². The first kappa shape index (κ1) is 17.8. The van der Waals surface area contributed by atoms with Crippen LogP contribution in [-0.4, -0.2) is 42.2 Å². The van der Waals surface area contributed by atoms with Crippen molar-refractivity contribution in [1.82, 2.24) is 4.90 Å². The van der Waals surface area contributed by atoms with E-state index in [-0.39, 0.29) is 23.5 Å². The standard InChI is InChI=1S/C19H29NO3/c1-13-11-20(12-14(2)22-13)18(21)15(3)23-17-9-7-8-16(10-17)19(4,5)6/h7-10,13-15H,11-12H2,1-6H3. The Kier molecular flexibility index (Phi) is 5.35. The third kappa shape index (κ3) is 4.71. The molecule has 1 aliphatic heterocycles. The van der Waals surface area contributed by atoms with Gasteiger partial charge in [0.15, 0.2) is 6.10 Å². The Labute approximate surface area is 139 Å². The summed E-state index contributed by atoms with van der Waals surface area (Å²) in [5.41, 5.74) is 1.25. The van der Waals surface area contributed by atoms with Crippen LogP contribution in [0, 0.1) is 0 Å². The van der Waals surface area contributed by atoms with Gasteiger partial charge in [-0.2, -0.15) is 0 Å². The lowest BCUT2D eigenvalue weighted by molar-refractivity contribution is -0.149. The summed E-state index contributed by atoms with van der Waals surface area (Å²) in [5.74, 6) is 0.765. The molecule has 4 nitrogen and oxygen atoms in total. The Morgan fingerprint density at radius 3 is 2.43 bits per heavy atom. The van der Waals surface area contributed by atoms with Gasteiger partial charge in [0.1, 0.15) is 5.75 Å². The number of hydrogen-bond donors (Lipinski definition) is 0. The highest BCUT2D eigenvalue weighted by molar-refractivity contribution is 5.81. The van der Waals surface area contributed by atoms with E-state index in [0.717, 1.165) is 5.75 Å². The molecule has 0 spiro atoms. The summed E-state index contributed by atoms with van der Waals surface area (Å²) >= 11 is 0. The molecule has 1 saturated heterocycles. The number of amides is 1. The van der Waals surface area contributed by atoms with Crippen LogP contribution in [0.15, 0.2) is 24.3 Å². The number of carbonyl (C=O) groups is 1. The molecule has 1 aromatic carbocycles. The van der Waals surface area contributed by atoms with Crippen molar-refractivity contribution in [1.29, 1.82) is 0 Å². The summed E-state index contributed by atoms with van der Waals surface area (Å²) in [6.07, 6.45) is -0.360. The summed E-state index contributed by atoms with van der Waals surface area (Å²) in [6.45, 7) is 13.5. The number of morpholine rings is 1. The van der Waals surface area contributed by atoms with Crippen molar-refractivity contribution in [3.05, 3.63) is 29.8 Å². The Balaban J connectivity index is 2.04. The zero-order valence-corrected chi connectivity index (χ0v) is 15.1. The molecule has 3 unspecified atom stereocenters. The van der Waals surface area contributed by atoms with E-state index in [4.69, 9.17) is 9.47 Å². The van der Waals surface area contributed by atoms with Gasteiger partial charge in [0.25, 0.3) is 5.91 Å². The molecule has 0 aliphatic carbocycles. The fourth-order valence-electron chi connectivity index (χ4n) is 2.91. The minimum Gasteiger partial charge on any atom is -0.481 e. The van der Waals surface area contributed by atoms with Crippen LogP contribution in [0.5, 0.6) is 5.75 Å². The Morgan fingerprint density at radius 1 is 1.26 bits per heavy atom. The van der Waals surface area contributed by atoms with Crippen molar-refractivity contribution in [2.75, 3.05) is 13.1 Å². The zero-order chi connectivity index (χ0) is 17.2. The molecule has 0 saturated carbocycles. The molecule has 0 radical (unpaired) electrons. The largest absolute Gasteiger partial charge is 0.481 e. The van der Waals surface area contributed by atoms with Crippen LogP contribution < -0.4 is 4.74 Å². The molecule has 1 aliphatic rings. The van der Waals surface area contributed by atoms with Gasteiger partial charge in [-0.3, -0.25) is 4.79 Å². The molecule has 1 amide bonds. The number of ether oxygens (including phenoxy) is 2. The van der Waals surface area contributed by atoms with Gasteiger partial charge in [0.05, 0.1) is 12.2 Å². The van der Waals surface area contributed by atoms with E-state index in [1.165, 1.54) is 5.56 Å². The third-order valence-electron chi connectivity index (χ3n) is 4.09. The van der Waals surface area contributed by atoms with Gasteiger partial charge < -0.3 is 14.4 Å². The lowest BCUT2D eigenvalue weighted by atomic mass is 9.87. The summed E-state index contributed by atoms with van der Waals surface area (Å²) in [4.78, 5) is 14.5. The van der Waals surface area contributed by atoms with Gasteiger partial charge in [-0.25, -0.2) is 0 Å². The Bertz CT molecular complexity index is 540. The van der Waals surface area contributed by atoms with Crippen LogP contribution >= 0.6 is 0 Å². The predicted octanol–water partition coefficient (Wildman–Crippen LogP) is 3.39. The van der Waals surface area contributed by atoms with Gasteiger partial charge >= 0.3 is 0 Å². The molecule has 4 heteroatoms. The summed E-state index contributed by atoms with van der Waals surface area (Å²) in [7, 11) is 0. The van der Waals surface area contributed by atoms with Gasteiger partial charge in [-0.1, -0.05) is 32.9 Å². The molecular weight excluding hydrogens is 290 g/mol. The monoisotopic (exact) mass is 319 g/mol. The second-order valence-electron chi connectivity index (χ2n) is 7.54. The van der Waals surface area contributed by atoms with E-state index in [2.05, 4.69) is 26.8 Å².